The van der Waals surface area contributed by atoms with E-state index in [0.717, 1.165) is 38.5 Å². The summed E-state index contributed by atoms with van der Waals surface area (Å²) in [6.45, 7) is 6.63. The zero-order valence-corrected chi connectivity index (χ0v) is 16.1. The highest BCUT2D eigenvalue weighted by molar-refractivity contribution is 5.97. The molecule has 1 fully saturated rings. The highest BCUT2D eigenvalue weighted by Gasteiger charge is 2.48. The van der Waals surface area contributed by atoms with E-state index < -0.39 is 23.3 Å². The molecule has 25 heavy (non-hydrogen) atoms. The molecule has 0 aromatic heterocycles. The van der Waals surface area contributed by atoms with Gasteiger partial charge >= 0.3 is 11.9 Å². The number of hydrogen-bond acceptors (Lipinski definition) is 5. The monoisotopic (exact) mass is 354 g/mol. The van der Waals surface area contributed by atoms with Crippen molar-refractivity contribution in [2.24, 2.45) is 11.3 Å². The van der Waals surface area contributed by atoms with Crippen LogP contribution in [0.3, 0.4) is 0 Å². The van der Waals surface area contributed by atoms with Gasteiger partial charge in [-0.3, -0.25) is 14.4 Å². The Bertz CT molecular complexity index is 421. The van der Waals surface area contributed by atoms with E-state index in [9.17, 15) is 14.4 Å². The molecule has 0 amide bonds. The summed E-state index contributed by atoms with van der Waals surface area (Å²) >= 11 is 0. The Morgan fingerprint density at radius 2 is 1.52 bits per heavy atom. The number of Topliss-reactive ketones (excluding diaryl/α,β-unsaturated/α-hetero) is 1. The molecule has 1 saturated carbocycles. The van der Waals surface area contributed by atoms with Crippen molar-refractivity contribution < 1.29 is 23.9 Å². The van der Waals surface area contributed by atoms with E-state index in [1.165, 1.54) is 0 Å². The van der Waals surface area contributed by atoms with Crippen molar-refractivity contribution in [3.63, 3.8) is 0 Å². The predicted octanol–water partition coefficient (Wildman–Crippen LogP) is 4.22. The fraction of sp³-hybridized carbons (Fsp3) is 0.850. The summed E-state index contributed by atoms with van der Waals surface area (Å²) in [6.07, 6.45) is 7.75. The van der Waals surface area contributed by atoms with Crippen LogP contribution in [0.5, 0.6) is 0 Å². The molecule has 1 unspecified atom stereocenters. The first-order valence-corrected chi connectivity index (χ1v) is 9.79. The van der Waals surface area contributed by atoms with Gasteiger partial charge in [0.1, 0.15) is 5.78 Å². The number of rotatable bonds is 11. The van der Waals surface area contributed by atoms with Crippen LogP contribution in [0.2, 0.25) is 0 Å². The van der Waals surface area contributed by atoms with Gasteiger partial charge in [-0.2, -0.15) is 0 Å². The maximum absolute atomic E-state index is 12.6. The van der Waals surface area contributed by atoms with Crippen LogP contribution >= 0.6 is 0 Å². The van der Waals surface area contributed by atoms with E-state index in [2.05, 4.69) is 13.8 Å². The summed E-state index contributed by atoms with van der Waals surface area (Å²) in [7, 11) is 0. The lowest BCUT2D eigenvalue weighted by atomic mass is 9.66. The van der Waals surface area contributed by atoms with E-state index in [0.29, 0.717) is 32.5 Å². The topological polar surface area (TPSA) is 69.7 Å². The molecule has 5 heteroatoms. The van der Waals surface area contributed by atoms with Crippen LogP contribution in [0.4, 0.5) is 0 Å². The molecule has 0 aliphatic heterocycles. The molecule has 0 spiro atoms. The summed E-state index contributed by atoms with van der Waals surface area (Å²) in [4.78, 5) is 37.1. The molecule has 144 valence electrons. The van der Waals surface area contributed by atoms with E-state index >= 15 is 0 Å². The number of esters is 2. The van der Waals surface area contributed by atoms with E-state index in [1.807, 2.05) is 6.92 Å². The highest BCUT2D eigenvalue weighted by atomic mass is 16.6. The molecule has 0 saturated heterocycles. The Balaban J connectivity index is 2.76. The van der Waals surface area contributed by atoms with Gasteiger partial charge in [0.25, 0.3) is 0 Å². The molecular weight excluding hydrogens is 320 g/mol. The summed E-state index contributed by atoms with van der Waals surface area (Å²) < 4.78 is 10.7. The van der Waals surface area contributed by atoms with Crippen LogP contribution < -0.4 is 0 Å². The minimum Gasteiger partial charge on any atom is -0.465 e. The zero-order valence-electron chi connectivity index (χ0n) is 16.1. The Kier molecular flexibility index (Phi) is 9.76. The van der Waals surface area contributed by atoms with Crippen molar-refractivity contribution in [2.75, 3.05) is 13.2 Å². The number of ether oxygens (including phenoxy) is 2. The standard InChI is InChI=1S/C20H34O5/c1-4-6-8-13-24-18(22)17(19(23)25-14-9-7-5-2)20(3)12-10-11-16(21)15-20/h17H,4-15H2,1-3H3. The molecule has 1 aliphatic carbocycles. The zero-order chi connectivity index (χ0) is 18.7. The first-order valence-electron chi connectivity index (χ1n) is 9.79. The molecule has 0 N–H and O–H groups in total. The molecule has 0 heterocycles. The summed E-state index contributed by atoms with van der Waals surface area (Å²) in [5, 5.41) is 0. The van der Waals surface area contributed by atoms with E-state index in [1.54, 1.807) is 0 Å². The van der Waals surface area contributed by atoms with Gasteiger partial charge < -0.3 is 9.47 Å². The molecule has 0 radical (unpaired) electrons. The van der Waals surface area contributed by atoms with Crippen LogP contribution in [-0.2, 0) is 23.9 Å². The molecule has 1 aliphatic rings. The number of carbonyl (C=O) groups is 3. The van der Waals surface area contributed by atoms with E-state index in [4.69, 9.17) is 9.47 Å². The van der Waals surface area contributed by atoms with Crippen LogP contribution in [0, 0.1) is 11.3 Å². The largest absolute Gasteiger partial charge is 0.465 e. The van der Waals surface area contributed by atoms with Crippen LogP contribution in [-0.4, -0.2) is 30.9 Å². The lowest BCUT2D eigenvalue weighted by molar-refractivity contribution is -0.170. The summed E-state index contributed by atoms with van der Waals surface area (Å²) in [5.41, 5.74) is -0.695. The van der Waals surface area contributed by atoms with E-state index in [-0.39, 0.29) is 12.2 Å². The smallest absolute Gasteiger partial charge is 0.320 e. The molecule has 0 aromatic rings. The first-order chi connectivity index (χ1) is 11.9. The van der Waals surface area contributed by atoms with Gasteiger partial charge in [-0.1, -0.05) is 46.5 Å². The first kappa shape index (κ1) is 21.7. The molecule has 1 rings (SSSR count). The average molecular weight is 354 g/mol. The SMILES string of the molecule is CCCCCOC(=O)C(C(=O)OCCCCC)C1(C)CCCC(=O)C1. The fourth-order valence-electron chi connectivity index (χ4n) is 3.44. The number of hydrogen-bond donors (Lipinski definition) is 0. The Labute approximate surface area is 151 Å². The maximum atomic E-state index is 12.6. The van der Waals surface area contributed by atoms with Crippen LogP contribution in [0.15, 0.2) is 0 Å². The number of unbranched alkanes of at least 4 members (excludes halogenated alkanes) is 4. The van der Waals surface area contributed by atoms with Gasteiger partial charge in [0, 0.05) is 12.8 Å². The predicted molar refractivity (Wildman–Crippen MR) is 96.0 cm³/mol. The summed E-state index contributed by atoms with van der Waals surface area (Å²) in [6, 6.07) is 0. The summed E-state index contributed by atoms with van der Waals surface area (Å²) in [5.74, 6) is -1.96. The minimum absolute atomic E-state index is 0.108. The van der Waals surface area contributed by atoms with Crippen molar-refractivity contribution in [2.45, 2.75) is 85.0 Å². The third-order valence-electron chi connectivity index (χ3n) is 4.96. The third-order valence-corrected chi connectivity index (χ3v) is 4.96. The molecule has 5 nitrogen and oxygen atoms in total. The van der Waals surface area contributed by atoms with Crippen molar-refractivity contribution >= 4 is 17.7 Å². The van der Waals surface area contributed by atoms with Crippen molar-refractivity contribution in [3.05, 3.63) is 0 Å². The van der Waals surface area contributed by atoms with Gasteiger partial charge in [-0.25, -0.2) is 0 Å². The van der Waals surface area contributed by atoms with Crippen molar-refractivity contribution in [1.82, 2.24) is 0 Å². The molecular formula is C20H34O5. The van der Waals surface area contributed by atoms with Gasteiger partial charge in [0.05, 0.1) is 13.2 Å². The Morgan fingerprint density at radius 1 is 1.00 bits per heavy atom. The third kappa shape index (κ3) is 7.17. The normalized spacial score (nSPS) is 20.6. The molecule has 0 bridgehead atoms. The van der Waals surface area contributed by atoms with Gasteiger partial charge in [0.15, 0.2) is 5.92 Å². The molecule has 1 atom stereocenters. The van der Waals surface area contributed by atoms with Crippen molar-refractivity contribution in [1.29, 1.82) is 0 Å². The average Bonchev–Trinajstić information content (AvgIpc) is 2.55. The number of carbonyl (C=O) groups excluding carboxylic acids is 3. The minimum atomic E-state index is -1.000. The quantitative estimate of drug-likeness (QED) is 0.316. The fourth-order valence-corrected chi connectivity index (χ4v) is 3.44. The Hall–Kier alpha value is -1.39. The second-order valence-electron chi connectivity index (χ2n) is 7.41. The highest BCUT2D eigenvalue weighted by Crippen LogP contribution is 2.42. The second-order valence-corrected chi connectivity index (χ2v) is 7.41. The van der Waals surface area contributed by atoms with Gasteiger partial charge in [0.2, 0.25) is 0 Å². The van der Waals surface area contributed by atoms with Gasteiger partial charge in [-0.15, -0.1) is 0 Å². The lowest BCUT2D eigenvalue weighted by Gasteiger charge is -2.37. The maximum Gasteiger partial charge on any atom is 0.320 e. The lowest BCUT2D eigenvalue weighted by Crippen LogP contribution is -2.44. The number of ketones is 1. The van der Waals surface area contributed by atoms with Crippen molar-refractivity contribution in [3.8, 4) is 0 Å². The second kappa shape index (κ2) is 11.3. The van der Waals surface area contributed by atoms with Crippen LogP contribution in [0.1, 0.15) is 85.0 Å². The van der Waals surface area contributed by atoms with Gasteiger partial charge in [-0.05, 0) is 31.1 Å². The Morgan fingerprint density at radius 3 is 1.96 bits per heavy atom. The van der Waals surface area contributed by atoms with Crippen LogP contribution in [0.25, 0.3) is 0 Å². The molecule has 0 aromatic carbocycles.